The van der Waals surface area contributed by atoms with Gasteiger partial charge in [0.25, 0.3) is 0 Å². The third kappa shape index (κ3) is 4.78. The van der Waals surface area contributed by atoms with Gasteiger partial charge in [-0.15, -0.1) is 0 Å². The zero-order chi connectivity index (χ0) is 23.6. The molecule has 2 saturated heterocycles. The average Bonchev–Trinajstić information content (AvgIpc) is 3.25. The van der Waals surface area contributed by atoms with Crippen LogP contribution in [-0.2, 0) is 25.7 Å². The van der Waals surface area contributed by atoms with Gasteiger partial charge in [0, 0.05) is 41.2 Å². The first-order valence-electron chi connectivity index (χ1n) is 11.7. The normalized spacial score (nSPS) is 25.4. The first kappa shape index (κ1) is 24.1. The number of benzene rings is 1. The van der Waals surface area contributed by atoms with Crippen molar-refractivity contribution in [3.63, 3.8) is 0 Å². The topological polar surface area (TPSA) is 66.9 Å². The van der Waals surface area contributed by atoms with Crippen LogP contribution in [0.5, 0.6) is 0 Å². The van der Waals surface area contributed by atoms with E-state index in [0.29, 0.717) is 28.6 Å². The predicted octanol–water partition coefficient (Wildman–Crippen LogP) is 4.97. The summed E-state index contributed by atoms with van der Waals surface area (Å²) < 4.78 is 5.28. The smallest absolute Gasteiger partial charge is 0.317 e. The third-order valence-corrected chi connectivity index (χ3v) is 7.77. The Morgan fingerprint density at radius 1 is 1.15 bits per heavy atom. The number of methoxy groups -OCH3 is 1. The molecular formula is C25H30Cl2N2O4. The molecule has 33 heavy (non-hydrogen) atoms. The minimum absolute atomic E-state index is 0.0172. The van der Waals surface area contributed by atoms with E-state index in [1.165, 1.54) is 7.11 Å². The van der Waals surface area contributed by atoms with Crippen molar-refractivity contribution < 1.29 is 19.1 Å². The van der Waals surface area contributed by atoms with Crippen molar-refractivity contribution in [2.75, 3.05) is 20.2 Å². The summed E-state index contributed by atoms with van der Waals surface area (Å²) in [7, 11) is 1.39. The second-order valence-electron chi connectivity index (χ2n) is 9.26. The van der Waals surface area contributed by atoms with Gasteiger partial charge in [-0.05, 0) is 56.2 Å². The summed E-state index contributed by atoms with van der Waals surface area (Å²) in [5, 5.41) is 0.976. The number of hydrogen-bond donors (Lipinski definition) is 0. The van der Waals surface area contributed by atoms with E-state index in [1.54, 1.807) is 23.1 Å². The lowest BCUT2D eigenvalue weighted by Crippen LogP contribution is -2.53. The Balaban J connectivity index is 1.72. The number of carbonyl (C=O) groups excluding carboxylic acids is 3. The van der Waals surface area contributed by atoms with E-state index in [-0.39, 0.29) is 30.7 Å². The van der Waals surface area contributed by atoms with Crippen LogP contribution in [0.25, 0.3) is 0 Å². The molecule has 3 aliphatic rings. The molecule has 4 rings (SSSR count). The highest BCUT2D eigenvalue weighted by atomic mass is 35.5. The monoisotopic (exact) mass is 492 g/mol. The van der Waals surface area contributed by atoms with Gasteiger partial charge < -0.3 is 14.5 Å². The van der Waals surface area contributed by atoms with Crippen LogP contribution >= 0.6 is 23.2 Å². The Morgan fingerprint density at radius 2 is 1.91 bits per heavy atom. The fraction of sp³-hybridized carbons (Fsp3) is 0.560. The Morgan fingerprint density at radius 3 is 2.61 bits per heavy atom. The van der Waals surface area contributed by atoms with Crippen molar-refractivity contribution in [1.82, 2.24) is 9.80 Å². The number of nitrogens with zero attached hydrogens (tertiary/aromatic N) is 2. The first-order chi connectivity index (χ1) is 15.9. The molecule has 2 aliphatic heterocycles. The Bertz CT molecular complexity index is 973. The van der Waals surface area contributed by atoms with Crippen molar-refractivity contribution in [1.29, 1.82) is 0 Å². The van der Waals surface area contributed by atoms with E-state index in [2.05, 4.69) is 0 Å². The van der Waals surface area contributed by atoms with Gasteiger partial charge in [0.05, 0.1) is 13.7 Å². The zero-order valence-corrected chi connectivity index (χ0v) is 20.5. The Hall–Kier alpha value is -2.05. The van der Waals surface area contributed by atoms with Crippen LogP contribution in [0.2, 0.25) is 10.0 Å². The number of ether oxygens (including phenoxy) is 1. The van der Waals surface area contributed by atoms with Crippen molar-refractivity contribution in [2.24, 2.45) is 11.3 Å². The van der Waals surface area contributed by atoms with Crippen LogP contribution in [0.15, 0.2) is 30.0 Å². The lowest BCUT2D eigenvalue weighted by molar-refractivity contribution is -0.160. The molecule has 2 atom stereocenters. The number of halogens is 2. The summed E-state index contributed by atoms with van der Waals surface area (Å²) in [6.45, 7) is 1.68. The van der Waals surface area contributed by atoms with Gasteiger partial charge in [-0.3, -0.25) is 14.4 Å². The number of esters is 1. The largest absolute Gasteiger partial charge is 0.468 e. The maximum absolute atomic E-state index is 13.8. The highest BCUT2D eigenvalue weighted by Crippen LogP contribution is 2.50. The zero-order valence-electron chi connectivity index (χ0n) is 18.9. The summed E-state index contributed by atoms with van der Waals surface area (Å²) in [6.07, 6.45) is 7.56. The molecule has 8 heteroatoms. The van der Waals surface area contributed by atoms with Crippen molar-refractivity contribution in [3.05, 3.63) is 45.6 Å². The van der Waals surface area contributed by atoms with Crippen LogP contribution < -0.4 is 0 Å². The highest BCUT2D eigenvalue weighted by molar-refractivity contribution is 6.35. The van der Waals surface area contributed by atoms with E-state index in [9.17, 15) is 14.4 Å². The molecule has 0 saturated carbocycles. The second kappa shape index (κ2) is 10.1. The van der Waals surface area contributed by atoms with Crippen molar-refractivity contribution in [3.8, 4) is 0 Å². The molecule has 1 aromatic rings. The standard InChI is InChI=1S/C25H30Cl2N2O4/c1-33-24(32)25-10-4-2-3-7-21(25)29(16-17-8-9-19(26)14-20(17)27)23(31)18(15-25)13-22(30)28-11-5-6-12-28/h7-9,14,18H,2-6,10-13,15-16H2,1H3/t18-,25+/m1/s1. The predicted molar refractivity (Wildman–Crippen MR) is 127 cm³/mol. The van der Waals surface area contributed by atoms with Gasteiger partial charge in [-0.25, -0.2) is 0 Å². The molecule has 0 N–H and O–H groups in total. The molecule has 0 spiro atoms. The van der Waals surface area contributed by atoms with E-state index in [0.717, 1.165) is 50.8 Å². The maximum Gasteiger partial charge on any atom is 0.317 e. The van der Waals surface area contributed by atoms with Gasteiger partial charge in [0.1, 0.15) is 5.41 Å². The van der Waals surface area contributed by atoms with E-state index in [1.807, 2.05) is 11.0 Å². The minimum Gasteiger partial charge on any atom is -0.468 e. The number of allylic oxidation sites excluding steroid dienone is 1. The lowest BCUT2D eigenvalue weighted by atomic mass is 9.69. The Labute approximate surface area is 204 Å². The molecule has 6 nitrogen and oxygen atoms in total. The van der Waals surface area contributed by atoms with Crippen LogP contribution in [-0.4, -0.2) is 47.8 Å². The van der Waals surface area contributed by atoms with Gasteiger partial charge in [0.2, 0.25) is 11.8 Å². The van der Waals surface area contributed by atoms with Gasteiger partial charge in [0.15, 0.2) is 0 Å². The molecule has 2 fully saturated rings. The summed E-state index contributed by atoms with van der Waals surface area (Å²) in [5.74, 6) is -1.08. The number of amides is 2. The minimum atomic E-state index is -0.936. The van der Waals surface area contributed by atoms with Crippen LogP contribution in [0.1, 0.15) is 56.9 Å². The molecule has 0 bridgehead atoms. The molecule has 0 aromatic heterocycles. The van der Waals surface area contributed by atoms with Crippen LogP contribution in [0.4, 0.5) is 0 Å². The molecule has 2 amide bonds. The molecule has 1 aliphatic carbocycles. The molecule has 2 heterocycles. The number of rotatable bonds is 5. The molecular weight excluding hydrogens is 463 g/mol. The maximum atomic E-state index is 13.8. The number of hydrogen-bond acceptors (Lipinski definition) is 4. The quantitative estimate of drug-likeness (QED) is 0.544. The number of likely N-dealkylation sites (tertiary alicyclic amines) is 2. The fourth-order valence-corrected chi connectivity index (χ4v) is 5.96. The van der Waals surface area contributed by atoms with Gasteiger partial charge in [-0.1, -0.05) is 41.8 Å². The van der Waals surface area contributed by atoms with Gasteiger partial charge >= 0.3 is 5.97 Å². The van der Waals surface area contributed by atoms with E-state index >= 15 is 0 Å². The number of carbonyl (C=O) groups is 3. The van der Waals surface area contributed by atoms with Crippen LogP contribution in [0, 0.1) is 11.3 Å². The molecule has 0 radical (unpaired) electrons. The number of piperidine rings is 1. The highest BCUT2D eigenvalue weighted by Gasteiger charge is 2.54. The summed E-state index contributed by atoms with van der Waals surface area (Å²) in [6, 6.07) is 5.19. The Kier molecular flexibility index (Phi) is 7.34. The second-order valence-corrected chi connectivity index (χ2v) is 10.1. The van der Waals surface area contributed by atoms with Crippen molar-refractivity contribution >= 4 is 41.0 Å². The van der Waals surface area contributed by atoms with Crippen molar-refractivity contribution in [2.45, 2.75) is 57.9 Å². The fourth-order valence-electron chi connectivity index (χ4n) is 5.49. The SMILES string of the molecule is COC(=O)[C@]12CCCCC=C1N(Cc1ccc(Cl)cc1Cl)C(=O)[C@H](CC(=O)N1CCCC1)C2. The van der Waals surface area contributed by atoms with E-state index in [4.69, 9.17) is 27.9 Å². The molecule has 1 aromatic carbocycles. The van der Waals surface area contributed by atoms with Crippen LogP contribution in [0.3, 0.4) is 0 Å². The molecule has 178 valence electrons. The average molecular weight is 493 g/mol. The number of fused-ring (bicyclic) bond motifs is 1. The summed E-state index contributed by atoms with van der Waals surface area (Å²) >= 11 is 12.5. The summed E-state index contributed by atoms with van der Waals surface area (Å²) in [5.41, 5.74) is 0.492. The van der Waals surface area contributed by atoms with Gasteiger partial charge in [-0.2, -0.15) is 0 Å². The lowest BCUT2D eigenvalue weighted by Gasteiger charge is -2.46. The summed E-state index contributed by atoms with van der Waals surface area (Å²) in [4.78, 5) is 43.5. The first-order valence-corrected chi connectivity index (χ1v) is 12.4. The molecule has 0 unspecified atom stereocenters. The third-order valence-electron chi connectivity index (χ3n) is 7.19. The van der Waals surface area contributed by atoms with E-state index < -0.39 is 11.3 Å².